The number of aryl methyl sites for hydroxylation is 1. The molecule has 1 aliphatic rings. The van der Waals surface area contributed by atoms with Crippen LogP contribution in [-0.4, -0.2) is 50.2 Å². The van der Waals surface area contributed by atoms with E-state index < -0.39 is 36.8 Å². The molecule has 5 nitrogen and oxygen atoms in total. The number of halogens is 3. The van der Waals surface area contributed by atoms with Gasteiger partial charge in [0, 0.05) is 18.9 Å². The van der Waals surface area contributed by atoms with Gasteiger partial charge in [0.05, 0.1) is 19.3 Å². The van der Waals surface area contributed by atoms with E-state index in [-0.39, 0.29) is 32.2 Å². The molecule has 0 radical (unpaired) electrons. The number of rotatable bonds is 6. The highest BCUT2D eigenvalue weighted by atomic mass is 19.4. The van der Waals surface area contributed by atoms with Gasteiger partial charge < -0.3 is 19.9 Å². The van der Waals surface area contributed by atoms with Gasteiger partial charge in [0.25, 0.3) is 0 Å². The van der Waals surface area contributed by atoms with E-state index in [0.717, 1.165) is 11.1 Å². The van der Waals surface area contributed by atoms with E-state index >= 15 is 0 Å². The molecule has 0 aliphatic carbocycles. The average Bonchev–Trinajstić information content (AvgIpc) is 2.65. The van der Waals surface area contributed by atoms with Gasteiger partial charge in [-0.1, -0.05) is 29.8 Å². The molecule has 1 heterocycles. The van der Waals surface area contributed by atoms with Crippen LogP contribution in [0.2, 0.25) is 0 Å². The summed E-state index contributed by atoms with van der Waals surface area (Å²) in [6.45, 7) is 3.88. The average molecular weight is 403 g/mol. The third kappa shape index (κ3) is 7.41. The second-order valence-electron chi connectivity index (χ2n) is 7.29. The fourth-order valence-corrected chi connectivity index (χ4v) is 3.20. The molecule has 0 amide bonds. The van der Waals surface area contributed by atoms with Gasteiger partial charge in [0.1, 0.15) is 12.1 Å². The van der Waals surface area contributed by atoms with Gasteiger partial charge in [-0.3, -0.25) is 4.79 Å². The molecule has 1 aliphatic heterocycles. The molecule has 8 heteroatoms. The SMILES string of the molecule is Cc1ccc(CC2COCC(N)C(=O)OC(C)C2OCCCC(F)(F)F)cc1. The monoisotopic (exact) mass is 403 g/mol. The van der Waals surface area contributed by atoms with Crippen molar-refractivity contribution in [3.63, 3.8) is 0 Å². The van der Waals surface area contributed by atoms with Crippen molar-refractivity contribution in [2.45, 2.75) is 57.5 Å². The number of carbonyl (C=O) groups excluding carboxylic acids is 1. The Morgan fingerprint density at radius 1 is 1.21 bits per heavy atom. The maximum absolute atomic E-state index is 12.4. The summed E-state index contributed by atoms with van der Waals surface area (Å²) in [5.41, 5.74) is 7.92. The van der Waals surface area contributed by atoms with Crippen LogP contribution in [0.15, 0.2) is 24.3 Å². The fourth-order valence-electron chi connectivity index (χ4n) is 3.20. The summed E-state index contributed by atoms with van der Waals surface area (Å²) in [5, 5.41) is 0. The Kier molecular flexibility index (Phi) is 8.27. The van der Waals surface area contributed by atoms with Crippen LogP contribution in [0.5, 0.6) is 0 Å². The zero-order chi connectivity index (χ0) is 20.7. The number of hydrogen-bond donors (Lipinski definition) is 1. The third-order valence-electron chi connectivity index (χ3n) is 4.69. The summed E-state index contributed by atoms with van der Waals surface area (Å²) >= 11 is 0. The van der Waals surface area contributed by atoms with Gasteiger partial charge in [0.2, 0.25) is 0 Å². The van der Waals surface area contributed by atoms with E-state index in [9.17, 15) is 18.0 Å². The van der Waals surface area contributed by atoms with Crippen LogP contribution in [0.1, 0.15) is 30.9 Å². The van der Waals surface area contributed by atoms with Crippen molar-refractivity contribution in [3.8, 4) is 0 Å². The number of alkyl halides is 3. The number of esters is 1. The third-order valence-corrected chi connectivity index (χ3v) is 4.69. The topological polar surface area (TPSA) is 70.8 Å². The van der Waals surface area contributed by atoms with Gasteiger partial charge in [-0.15, -0.1) is 0 Å². The summed E-state index contributed by atoms with van der Waals surface area (Å²) < 4.78 is 54.0. The van der Waals surface area contributed by atoms with Crippen LogP contribution in [-0.2, 0) is 25.4 Å². The van der Waals surface area contributed by atoms with Crippen LogP contribution in [0.3, 0.4) is 0 Å². The molecule has 4 atom stereocenters. The summed E-state index contributed by atoms with van der Waals surface area (Å²) in [6, 6.07) is 7.07. The first-order chi connectivity index (χ1) is 13.2. The van der Waals surface area contributed by atoms with Crippen molar-refractivity contribution in [2.24, 2.45) is 11.7 Å². The minimum atomic E-state index is -4.23. The molecule has 1 aromatic carbocycles. The molecule has 1 aromatic rings. The van der Waals surface area contributed by atoms with Crippen LogP contribution < -0.4 is 5.73 Å². The lowest BCUT2D eigenvalue weighted by Gasteiger charge is -2.31. The molecular weight excluding hydrogens is 375 g/mol. The molecule has 0 bridgehead atoms. The lowest BCUT2D eigenvalue weighted by atomic mass is 9.91. The second kappa shape index (κ2) is 10.2. The summed E-state index contributed by atoms with van der Waals surface area (Å²) in [7, 11) is 0. The summed E-state index contributed by atoms with van der Waals surface area (Å²) in [6.07, 6.45) is -5.96. The quantitative estimate of drug-likeness (QED) is 0.584. The molecule has 158 valence electrons. The molecule has 0 spiro atoms. The predicted octanol–water partition coefficient (Wildman–Crippen LogP) is 3.17. The normalized spacial score (nSPS) is 26.9. The number of benzene rings is 1. The van der Waals surface area contributed by atoms with Gasteiger partial charge in [0.15, 0.2) is 0 Å². The Morgan fingerprint density at radius 3 is 2.54 bits per heavy atom. The lowest BCUT2D eigenvalue weighted by Crippen LogP contribution is -2.42. The number of ether oxygens (including phenoxy) is 3. The fraction of sp³-hybridized carbons (Fsp3) is 0.650. The zero-order valence-electron chi connectivity index (χ0n) is 16.2. The maximum Gasteiger partial charge on any atom is 0.389 e. The van der Waals surface area contributed by atoms with Crippen molar-refractivity contribution in [1.82, 2.24) is 0 Å². The molecule has 0 saturated carbocycles. The largest absolute Gasteiger partial charge is 0.459 e. The highest BCUT2D eigenvalue weighted by molar-refractivity contribution is 5.75. The molecule has 1 saturated heterocycles. The first-order valence-electron chi connectivity index (χ1n) is 9.43. The van der Waals surface area contributed by atoms with E-state index in [1.165, 1.54) is 0 Å². The minimum absolute atomic E-state index is 0.0245. The highest BCUT2D eigenvalue weighted by Crippen LogP contribution is 2.25. The molecule has 28 heavy (non-hydrogen) atoms. The Bertz CT molecular complexity index is 621. The highest BCUT2D eigenvalue weighted by Gasteiger charge is 2.34. The van der Waals surface area contributed by atoms with E-state index in [4.69, 9.17) is 19.9 Å². The first-order valence-corrected chi connectivity index (χ1v) is 9.43. The first kappa shape index (κ1) is 22.6. The van der Waals surface area contributed by atoms with Gasteiger partial charge in [-0.2, -0.15) is 13.2 Å². The molecule has 2 N–H and O–H groups in total. The summed E-state index contributed by atoms with van der Waals surface area (Å²) in [5.74, 6) is -0.797. The predicted molar refractivity (Wildman–Crippen MR) is 97.8 cm³/mol. The van der Waals surface area contributed by atoms with Gasteiger partial charge >= 0.3 is 12.1 Å². The molecule has 4 unspecified atom stereocenters. The van der Waals surface area contributed by atoms with Crippen LogP contribution >= 0.6 is 0 Å². The van der Waals surface area contributed by atoms with Crippen LogP contribution in [0, 0.1) is 12.8 Å². The molecule has 1 fully saturated rings. The standard InChI is InChI=1S/C20H28F3NO4/c1-13-4-6-15(7-5-13)10-16-11-26-12-17(24)19(25)28-14(2)18(16)27-9-3-8-20(21,22)23/h4-7,14,16-18H,3,8-12,24H2,1-2H3. The molecule has 2 rings (SSSR count). The number of hydrogen-bond acceptors (Lipinski definition) is 5. The smallest absolute Gasteiger partial charge is 0.389 e. The van der Waals surface area contributed by atoms with E-state index in [0.29, 0.717) is 6.42 Å². The number of cyclic esters (lactones) is 1. The minimum Gasteiger partial charge on any atom is -0.459 e. The van der Waals surface area contributed by atoms with E-state index in [1.807, 2.05) is 31.2 Å². The van der Waals surface area contributed by atoms with Gasteiger partial charge in [-0.05, 0) is 32.3 Å². The number of carbonyl (C=O) groups is 1. The van der Waals surface area contributed by atoms with Gasteiger partial charge in [-0.25, -0.2) is 0 Å². The lowest BCUT2D eigenvalue weighted by molar-refractivity contribution is -0.161. The second-order valence-corrected chi connectivity index (χ2v) is 7.29. The maximum atomic E-state index is 12.4. The zero-order valence-corrected chi connectivity index (χ0v) is 16.2. The Labute approximate surface area is 163 Å². The molecular formula is C20H28F3NO4. The Hall–Kier alpha value is -1.64. The Balaban J connectivity index is 2.11. The van der Waals surface area contributed by atoms with Crippen molar-refractivity contribution in [2.75, 3.05) is 19.8 Å². The van der Waals surface area contributed by atoms with Crippen molar-refractivity contribution >= 4 is 5.97 Å². The van der Waals surface area contributed by atoms with Crippen LogP contribution in [0.4, 0.5) is 13.2 Å². The number of nitrogens with two attached hydrogens (primary N) is 1. The van der Waals surface area contributed by atoms with Crippen molar-refractivity contribution in [3.05, 3.63) is 35.4 Å². The van der Waals surface area contributed by atoms with E-state index in [1.54, 1.807) is 6.92 Å². The van der Waals surface area contributed by atoms with Crippen molar-refractivity contribution in [1.29, 1.82) is 0 Å². The molecule has 0 aromatic heterocycles. The van der Waals surface area contributed by atoms with E-state index in [2.05, 4.69) is 0 Å². The van der Waals surface area contributed by atoms with Crippen LogP contribution in [0.25, 0.3) is 0 Å². The van der Waals surface area contributed by atoms with Crippen molar-refractivity contribution < 1.29 is 32.2 Å². The summed E-state index contributed by atoms with van der Waals surface area (Å²) in [4.78, 5) is 12.0. The Morgan fingerprint density at radius 2 is 1.89 bits per heavy atom.